The SMILES string of the molecule is C[C@H](Cc1cnc[nH]1)N=C(c1ccccc1)c1cc(O)ccc1O. The Balaban J connectivity index is 2.02. The van der Waals surface area contributed by atoms with Gasteiger partial charge in [0.25, 0.3) is 0 Å². The lowest BCUT2D eigenvalue weighted by Crippen LogP contribution is -2.11. The summed E-state index contributed by atoms with van der Waals surface area (Å²) in [5, 5.41) is 20.0. The molecule has 24 heavy (non-hydrogen) atoms. The number of hydrogen-bond donors (Lipinski definition) is 3. The van der Waals surface area contributed by atoms with Crippen LogP contribution in [0.5, 0.6) is 11.5 Å². The molecule has 0 aliphatic carbocycles. The molecule has 5 heteroatoms. The molecule has 0 amide bonds. The molecule has 1 heterocycles. The molecular formula is C19H19N3O2. The van der Waals surface area contributed by atoms with Crippen LogP contribution >= 0.6 is 0 Å². The molecule has 0 aliphatic rings. The van der Waals surface area contributed by atoms with Gasteiger partial charge in [0.1, 0.15) is 11.5 Å². The number of aromatic hydroxyl groups is 2. The van der Waals surface area contributed by atoms with Crippen molar-refractivity contribution in [3.63, 3.8) is 0 Å². The first kappa shape index (κ1) is 15.8. The summed E-state index contributed by atoms with van der Waals surface area (Å²) in [6.07, 6.45) is 4.13. The van der Waals surface area contributed by atoms with Gasteiger partial charge in [-0.2, -0.15) is 0 Å². The fourth-order valence-corrected chi connectivity index (χ4v) is 2.59. The van der Waals surface area contributed by atoms with E-state index < -0.39 is 0 Å². The molecule has 0 saturated heterocycles. The highest BCUT2D eigenvalue weighted by Crippen LogP contribution is 2.26. The normalized spacial score (nSPS) is 13.0. The van der Waals surface area contributed by atoms with E-state index in [1.807, 2.05) is 37.3 Å². The zero-order valence-corrected chi connectivity index (χ0v) is 13.3. The Bertz CT molecular complexity index is 827. The Morgan fingerprint density at radius 1 is 1.17 bits per heavy atom. The Morgan fingerprint density at radius 2 is 1.96 bits per heavy atom. The van der Waals surface area contributed by atoms with Gasteiger partial charge >= 0.3 is 0 Å². The van der Waals surface area contributed by atoms with E-state index in [9.17, 15) is 10.2 Å². The first-order chi connectivity index (χ1) is 11.6. The number of aromatic amines is 1. The number of hydrogen-bond acceptors (Lipinski definition) is 4. The minimum absolute atomic E-state index is 0.0256. The van der Waals surface area contributed by atoms with E-state index in [1.54, 1.807) is 12.5 Å². The van der Waals surface area contributed by atoms with Gasteiger partial charge in [0.15, 0.2) is 0 Å². The Hall–Kier alpha value is -3.08. The van der Waals surface area contributed by atoms with Crippen LogP contribution in [0.3, 0.4) is 0 Å². The van der Waals surface area contributed by atoms with Crippen molar-refractivity contribution in [1.29, 1.82) is 0 Å². The predicted octanol–water partition coefficient (Wildman–Crippen LogP) is 3.29. The van der Waals surface area contributed by atoms with Crippen LogP contribution in [-0.4, -0.2) is 31.9 Å². The van der Waals surface area contributed by atoms with Crippen molar-refractivity contribution in [1.82, 2.24) is 9.97 Å². The first-order valence-electron chi connectivity index (χ1n) is 7.76. The van der Waals surface area contributed by atoms with Gasteiger partial charge in [-0.25, -0.2) is 4.98 Å². The van der Waals surface area contributed by atoms with E-state index in [0.29, 0.717) is 17.7 Å². The number of phenolic OH excluding ortho intramolecular Hbond substituents is 2. The number of aliphatic imine (C=N–C) groups is 1. The maximum atomic E-state index is 10.2. The second-order valence-corrected chi connectivity index (χ2v) is 5.68. The molecule has 5 nitrogen and oxygen atoms in total. The van der Waals surface area contributed by atoms with Crippen molar-refractivity contribution in [3.8, 4) is 11.5 Å². The summed E-state index contributed by atoms with van der Waals surface area (Å²) < 4.78 is 0. The molecule has 122 valence electrons. The fraction of sp³-hybridized carbons (Fsp3) is 0.158. The van der Waals surface area contributed by atoms with Crippen molar-refractivity contribution in [2.24, 2.45) is 4.99 Å². The standard InChI is InChI=1S/C19H19N3O2/c1-13(9-15-11-20-12-21-15)22-19(14-5-3-2-4-6-14)17-10-16(23)7-8-18(17)24/h2-8,10-13,23-24H,9H2,1H3,(H,20,21)/t13-/m1/s1. The number of aromatic nitrogens is 2. The molecule has 0 fully saturated rings. The molecule has 0 radical (unpaired) electrons. The molecule has 3 N–H and O–H groups in total. The van der Waals surface area contributed by atoms with E-state index in [1.165, 1.54) is 18.2 Å². The Labute approximate surface area is 140 Å². The zero-order chi connectivity index (χ0) is 16.9. The number of nitrogens with one attached hydrogen (secondary N) is 1. The smallest absolute Gasteiger partial charge is 0.125 e. The average molecular weight is 321 g/mol. The molecule has 0 saturated carbocycles. The summed E-state index contributed by atoms with van der Waals surface area (Å²) in [4.78, 5) is 11.9. The molecule has 1 atom stereocenters. The van der Waals surface area contributed by atoms with Crippen molar-refractivity contribution in [2.45, 2.75) is 19.4 Å². The van der Waals surface area contributed by atoms with Crippen molar-refractivity contribution >= 4 is 5.71 Å². The third-order valence-electron chi connectivity index (χ3n) is 3.70. The van der Waals surface area contributed by atoms with E-state index in [-0.39, 0.29) is 17.5 Å². The molecule has 3 rings (SSSR count). The van der Waals surface area contributed by atoms with Crippen LogP contribution in [-0.2, 0) is 6.42 Å². The van der Waals surface area contributed by atoms with Crippen molar-refractivity contribution in [2.75, 3.05) is 0 Å². The molecule has 0 spiro atoms. The molecule has 3 aromatic rings. The lowest BCUT2D eigenvalue weighted by molar-refractivity contribution is 0.459. The lowest BCUT2D eigenvalue weighted by Gasteiger charge is -2.13. The molecule has 1 aromatic heterocycles. The van der Waals surface area contributed by atoms with Crippen molar-refractivity contribution in [3.05, 3.63) is 77.9 Å². The molecule has 0 aliphatic heterocycles. The summed E-state index contributed by atoms with van der Waals surface area (Å²) in [5.74, 6) is 0.178. The van der Waals surface area contributed by atoms with E-state index in [4.69, 9.17) is 4.99 Å². The second kappa shape index (κ2) is 7.00. The topological polar surface area (TPSA) is 81.5 Å². The molecule has 2 aromatic carbocycles. The first-order valence-corrected chi connectivity index (χ1v) is 7.76. The van der Waals surface area contributed by atoms with Gasteiger partial charge < -0.3 is 15.2 Å². The van der Waals surface area contributed by atoms with Crippen LogP contribution in [0.4, 0.5) is 0 Å². The van der Waals surface area contributed by atoms with Crippen LogP contribution in [0, 0.1) is 0 Å². The number of benzene rings is 2. The van der Waals surface area contributed by atoms with Crippen LogP contribution in [0.1, 0.15) is 23.7 Å². The van der Waals surface area contributed by atoms with Gasteiger partial charge in [-0.15, -0.1) is 0 Å². The summed E-state index contributed by atoms with van der Waals surface area (Å²) in [5.41, 5.74) is 3.04. The molecular weight excluding hydrogens is 302 g/mol. The Kier molecular flexibility index (Phi) is 4.61. The maximum absolute atomic E-state index is 10.2. The number of rotatable bonds is 5. The Morgan fingerprint density at radius 3 is 2.67 bits per heavy atom. The summed E-state index contributed by atoms with van der Waals surface area (Å²) in [6.45, 7) is 2.00. The van der Waals surface area contributed by atoms with E-state index in [2.05, 4.69) is 9.97 Å². The zero-order valence-electron chi connectivity index (χ0n) is 13.3. The van der Waals surface area contributed by atoms with E-state index >= 15 is 0 Å². The second-order valence-electron chi connectivity index (χ2n) is 5.68. The minimum atomic E-state index is -0.0256. The van der Waals surface area contributed by atoms with Gasteiger partial charge in [-0.3, -0.25) is 4.99 Å². The third-order valence-corrected chi connectivity index (χ3v) is 3.70. The van der Waals surface area contributed by atoms with Gasteiger partial charge in [-0.05, 0) is 25.1 Å². The summed E-state index contributed by atoms with van der Waals surface area (Å²) >= 11 is 0. The summed E-state index contributed by atoms with van der Waals surface area (Å²) in [6, 6.07) is 14.1. The monoisotopic (exact) mass is 321 g/mol. The van der Waals surface area contributed by atoms with Crippen molar-refractivity contribution < 1.29 is 10.2 Å². The lowest BCUT2D eigenvalue weighted by atomic mass is 10.0. The number of imidazole rings is 1. The van der Waals surface area contributed by atoms with Gasteiger partial charge in [0.05, 0.1) is 18.1 Å². The minimum Gasteiger partial charge on any atom is -0.508 e. The highest BCUT2D eigenvalue weighted by molar-refractivity contribution is 6.14. The highest BCUT2D eigenvalue weighted by Gasteiger charge is 2.14. The molecule has 0 unspecified atom stereocenters. The van der Waals surface area contributed by atoms with Crippen LogP contribution < -0.4 is 0 Å². The summed E-state index contributed by atoms with van der Waals surface area (Å²) in [7, 11) is 0. The van der Waals surface area contributed by atoms with Gasteiger partial charge in [-0.1, -0.05) is 30.3 Å². The quantitative estimate of drug-likeness (QED) is 0.498. The van der Waals surface area contributed by atoms with Gasteiger partial charge in [0, 0.05) is 29.4 Å². The molecule has 0 bridgehead atoms. The fourth-order valence-electron chi connectivity index (χ4n) is 2.59. The van der Waals surface area contributed by atoms with Crippen LogP contribution in [0.15, 0.2) is 66.0 Å². The predicted molar refractivity (Wildman–Crippen MR) is 93.6 cm³/mol. The number of phenols is 2. The van der Waals surface area contributed by atoms with E-state index in [0.717, 1.165) is 11.3 Å². The largest absolute Gasteiger partial charge is 0.508 e. The third kappa shape index (κ3) is 3.63. The van der Waals surface area contributed by atoms with Gasteiger partial charge in [0.2, 0.25) is 0 Å². The maximum Gasteiger partial charge on any atom is 0.125 e. The number of nitrogens with zero attached hydrogens (tertiary/aromatic N) is 2. The highest BCUT2D eigenvalue weighted by atomic mass is 16.3. The van der Waals surface area contributed by atoms with Crippen LogP contribution in [0.25, 0.3) is 0 Å². The number of H-pyrrole nitrogens is 1. The van der Waals surface area contributed by atoms with Crippen LogP contribution in [0.2, 0.25) is 0 Å². The average Bonchev–Trinajstić information content (AvgIpc) is 3.09.